The van der Waals surface area contributed by atoms with Gasteiger partial charge in [0.25, 0.3) is 0 Å². The molecular weight excluding hydrogens is 458 g/mol. The van der Waals surface area contributed by atoms with E-state index in [1.165, 1.54) is 38.5 Å². The average Bonchev–Trinajstić information content (AvgIpc) is 2.82. The van der Waals surface area contributed by atoms with E-state index in [9.17, 15) is 14.4 Å². The van der Waals surface area contributed by atoms with E-state index in [2.05, 4.69) is 19.1 Å². The molecule has 0 aromatic heterocycles. The molecule has 0 aromatic carbocycles. The molecule has 0 aliphatic heterocycles. The van der Waals surface area contributed by atoms with Gasteiger partial charge in [0, 0.05) is 19.3 Å². The Kier molecular flexibility index (Phi) is 22.3. The van der Waals surface area contributed by atoms with Crippen molar-refractivity contribution in [3.05, 3.63) is 12.2 Å². The highest BCUT2D eigenvalue weighted by Crippen LogP contribution is 2.19. The zero-order valence-corrected chi connectivity index (χ0v) is 22.9. The summed E-state index contributed by atoms with van der Waals surface area (Å²) in [4.78, 5) is 32.8. The van der Waals surface area contributed by atoms with Crippen LogP contribution >= 0.6 is 0 Å². The smallest absolute Gasteiger partial charge is 0.303 e. The van der Waals surface area contributed by atoms with E-state index in [0.717, 1.165) is 75.6 Å². The first kappa shape index (κ1) is 34.1. The maximum absolute atomic E-state index is 10.9. The highest BCUT2D eigenvalue weighted by Gasteiger charge is 2.26. The molecule has 0 aliphatic carbocycles. The van der Waals surface area contributed by atoms with Crippen LogP contribution in [0.1, 0.15) is 129 Å². The fraction of sp³-hybridized carbons (Fsp3) is 0.828. The van der Waals surface area contributed by atoms with Crippen LogP contribution in [0.3, 0.4) is 0 Å². The lowest BCUT2D eigenvalue weighted by Crippen LogP contribution is -2.51. The van der Waals surface area contributed by atoms with E-state index >= 15 is 0 Å². The van der Waals surface area contributed by atoms with Crippen molar-refractivity contribution >= 4 is 17.9 Å². The summed E-state index contributed by atoms with van der Waals surface area (Å²) < 4.78 is 0.848. The van der Waals surface area contributed by atoms with E-state index in [1.54, 1.807) is 0 Å². The van der Waals surface area contributed by atoms with Crippen LogP contribution in [0.2, 0.25) is 0 Å². The molecule has 3 N–H and O–H groups in total. The van der Waals surface area contributed by atoms with Gasteiger partial charge in [0.2, 0.25) is 0 Å². The normalized spacial score (nSPS) is 11.8. The lowest BCUT2D eigenvalue weighted by molar-refractivity contribution is -0.929. The minimum Gasteiger partial charge on any atom is -0.481 e. The summed E-state index contributed by atoms with van der Waals surface area (Å²) in [5, 5.41) is 27.0. The van der Waals surface area contributed by atoms with Crippen LogP contribution in [0.4, 0.5) is 0 Å². The lowest BCUT2D eigenvalue weighted by Gasteiger charge is -2.39. The van der Waals surface area contributed by atoms with Crippen LogP contribution in [0, 0.1) is 0 Å². The minimum atomic E-state index is -0.774. The molecule has 210 valence electrons. The van der Waals surface area contributed by atoms with Gasteiger partial charge in [-0.25, -0.2) is 0 Å². The standard InChI is InChI=1S/C29H53NO6/c1-2-3-4-5-6-7-8-9-10-11-12-16-23-30(24-17-13-20-27(31)32,25-18-14-21-28(33)34)26-19-15-22-29(35)36/h9-10H,2-8,11-26H2,1H3,(H2-,31,32,33,34,35,36)/p+1/b10-9+. The van der Waals surface area contributed by atoms with Crippen molar-refractivity contribution in [3.63, 3.8) is 0 Å². The molecule has 0 saturated carbocycles. The van der Waals surface area contributed by atoms with Crippen molar-refractivity contribution in [3.8, 4) is 0 Å². The molecule has 0 rings (SSSR count). The Labute approximate surface area is 219 Å². The Morgan fingerprint density at radius 1 is 0.500 bits per heavy atom. The molecule has 0 radical (unpaired) electrons. The Hall–Kier alpha value is -1.89. The molecule has 0 amide bonds. The molecule has 0 heterocycles. The second kappa shape index (κ2) is 23.5. The number of allylic oxidation sites excluding steroid dienone is 2. The van der Waals surface area contributed by atoms with E-state index < -0.39 is 17.9 Å². The summed E-state index contributed by atoms with van der Waals surface area (Å²) in [7, 11) is 0. The van der Waals surface area contributed by atoms with Crippen molar-refractivity contribution in [2.45, 2.75) is 129 Å². The maximum Gasteiger partial charge on any atom is 0.303 e. The first-order valence-electron chi connectivity index (χ1n) is 14.5. The Bertz CT molecular complexity index is 550. The average molecular weight is 513 g/mol. The van der Waals surface area contributed by atoms with E-state index in [-0.39, 0.29) is 19.3 Å². The van der Waals surface area contributed by atoms with Crippen molar-refractivity contribution in [2.24, 2.45) is 0 Å². The summed E-state index contributed by atoms with van der Waals surface area (Å²) in [6.07, 6.45) is 21.8. The second-order valence-electron chi connectivity index (χ2n) is 10.3. The van der Waals surface area contributed by atoms with Gasteiger partial charge in [0.15, 0.2) is 0 Å². The number of carboxylic acids is 3. The van der Waals surface area contributed by atoms with Gasteiger partial charge in [-0.15, -0.1) is 0 Å². The van der Waals surface area contributed by atoms with Crippen molar-refractivity contribution in [2.75, 3.05) is 26.2 Å². The molecule has 7 nitrogen and oxygen atoms in total. The zero-order chi connectivity index (χ0) is 26.9. The number of quaternary nitrogens is 1. The Morgan fingerprint density at radius 2 is 0.833 bits per heavy atom. The summed E-state index contributed by atoms with van der Waals surface area (Å²) in [6.45, 7) is 5.85. The third-order valence-corrected chi connectivity index (χ3v) is 6.96. The number of rotatable bonds is 27. The largest absolute Gasteiger partial charge is 0.481 e. The Morgan fingerprint density at radius 3 is 1.22 bits per heavy atom. The molecule has 0 bridgehead atoms. The molecule has 0 unspecified atom stereocenters. The van der Waals surface area contributed by atoms with Gasteiger partial charge in [-0.1, -0.05) is 51.2 Å². The quantitative estimate of drug-likeness (QED) is 0.0618. The van der Waals surface area contributed by atoms with Gasteiger partial charge in [0.1, 0.15) is 0 Å². The number of hydrogen-bond acceptors (Lipinski definition) is 3. The highest BCUT2D eigenvalue weighted by atomic mass is 16.4. The summed E-state index contributed by atoms with van der Waals surface area (Å²) in [5.41, 5.74) is 0. The predicted molar refractivity (Wildman–Crippen MR) is 145 cm³/mol. The van der Waals surface area contributed by atoms with Gasteiger partial charge < -0.3 is 19.8 Å². The predicted octanol–water partition coefficient (Wildman–Crippen LogP) is 7.05. The minimum absolute atomic E-state index is 0.168. The van der Waals surface area contributed by atoms with E-state index in [1.807, 2.05) is 0 Å². The molecule has 0 saturated heterocycles. The molecule has 0 atom stereocenters. The number of carbonyl (C=O) groups is 3. The molecule has 0 aliphatic rings. The summed E-state index contributed by atoms with van der Waals surface area (Å²) in [6, 6.07) is 0. The first-order valence-corrected chi connectivity index (χ1v) is 14.5. The second-order valence-corrected chi connectivity index (χ2v) is 10.3. The molecule has 0 aromatic rings. The highest BCUT2D eigenvalue weighted by molar-refractivity contribution is 5.67. The van der Waals surface area contributed by atoms with Gasteiger partial charge in [-0.05, 0) is 70.6 Å². The van der Waals surface area contributed by atoms with Crippen LogP contribution < -0.4 is 0 Å². The molecule has 0 fully saturated rings. The van der Waals surface area contributed by atoms with Crippen LogP contribution in [-0.2, 0) is 14.4 Å². The first-order chi connectivity index (χ1) is 17.3. The van der Waals surface area contributed by atoms with E-state index in [0.29, 0.717) is 19.3 Å². The van der Waals surface area contributed by atoms with E-state index in [4.69, 9.17) is 15.3 Å². The van der Waals surface area contributed by atoms with Crippen LogP contribution in [0.25, 0.3) is 0 Å². The lowest BCUT2D eigenvalue weighted by atomic mass is 10.1. The topological polar surface area (TPSA) is 112 Å². The molecule has 0 spiro atoms. The van der Waals surface area contributed by atoms with Crippen LogP contribution in [-0.4, -0.2) is 63.9 Å². The summed E-state index contributed by atoms with van der Waals surface area (Å²) in [5.74, 6) is -2.32. The maximum atomic E-state index is 10.9. The SMILES string of the molecule is CCCCCCCC/C=C/CCCC[N+](CCCCC(=O)O)(CCCCC(=O)O)CCCCC(=O)O. The van der Waals surface area contributed by atoms with Gasteiger partial charge >= 0.3 is 17.9 Å². The van der Waals surface area contributed by atoms with Crippen LogP contribution in [0.5, 0.6) is 0 Å². The number of carboxylic acid groups (broad SMARTS) is 3. The molecular formula is C29H54NO6+. The fourth-order valence-electron chi connectivity index (χ4n) is 4.83. The number of unbranched alkanes of at least 4 members (excludes halogenated alkanes) is 11. The monoisotopic (exact) mass is 512 g/mol. The van der Waals surface area contributed by atoms with Gasteiger partial charge in [-0.2, -0.15) is 0 Å². The third-order valence-electron chi connectivity index (χ3n) is 6.96. The van der Waals surface area contributed by atoms with Crippen LogP contribution in [0.15, 0.2) is 12.2 Å². The van der Waals surface area contributed by atoms with Crippen molar-refractivity contribution < 1.29 is 34.2 Å². The zero-order valence-electron chi connectivity index (χ0n) is 22.9. The summed E-state index contributed by atoms with van der Waals surface area (Å²) >= 11 is 0. The van der Waals surface area contributed by atoms with Gasteiger partial charge in [-0.3, -0.25) is 14.4 Å². The number of aliphatic carboxylic acids is 3. The number of hydrogen-bond donors (Lipinski definition) is 3. The number of nitrogens with zero attached hydrogens (tertiary/aromatic N) is 1. The third kappa shape index (κ3) is 22.6. The van der Waals surface area contributed by atoms with Crippen molar-refractivity contribution in [1.82, 2.24) is 0 Å². The molecule has 36 heavy (non-hydrogen) atoms. The Balaban J connectivity index is 4.72. The van der Waals surface area contributed by atoms with Gasteiger partial charge in [0.05, 0.1) is 26.2 Å². The molecule has 7 heteroatoms. The van der Waals surface area contributed by atoms with Crippen molar-refractivity contribution in [1.29, 1.82) is 0 Å². The fourth-order valence-corrected chi connectivity index (χ4v) is 4.83.